The molecule has 2 aromatic heterocycles. The second-order valence-corrected chi connectivity index (χ2v) is 11.7. The van der Waals surface area contributed by atoms with E-state index in [9.17, 15) is 18.3 Å². The van der Waals surface area contributed by atoms with E-state index >= 15 is 0 Å². The Morgan fingerprint density at radius 3 is 2.28 bits per heavy atom. The van der Waals surface area contributed by atoms with Gasteiger partial charge in [-0.3, -0.25) is 4.72 Å². The molecule has 39 heavy (non-hydrogen) atoms. The van der Waals surface area contributed by atoms with Crippen molar-refractivity contribution in [3.05, 3.63) is 76.7 Å². The number of carbonyl (C=O) groups is 1. The van der Waals surface area contributed by atoms with Gasteiger partial charge in [0.05, 0.1) is 11.1 Å². The number of aromatic carboxylic acids is 1. The predicted octanol–water partition coefficient (Wildman–Crippen LogP) is 6.00. The van der Waals surface area contributed by atoms with Gasteiger partial charge in [-0.15, -0.1) is 48.6 Å². The number of thiophene rings is 1. The summed E-state index contributed by atoms with van der Waals surface area (Å²) in [6.07, 6.45) is 0. The number of sulfonamides is 1. The first kappa shape index (κ1) is 32.5. The van der Waals surface area contributed by atoms with Crippen LogP contribution in [-0.2, 0) is 10.0 Å². The second-order valence-electron chi connectivity index (χ2n) is 8.87. The summed E-state index contributed by atoms with van der Waals surface area (Å²) in [5.74, 6) is -0.483. The fraction of sp³-hybridized carbons (Fsp3) is 0.231. The van der Waals surface area contributed by atoms with Crippen molar-refractivity contribution in [1.29, 1.82) is 0 Å². The van der Waals surface area contributed by atoms with E-state index in [1.165, 1.54) is 28.9 Å². The number of rotatable bonds is 6. The molecule has 1 fully saturated rings. The quantitative estimate of drug-likeness (QED) is 0.269. The fourth-order valence-electron chi connectivity index (χ4n) is 4.47. The van der Waals surface area contributed by atoms with Crippen molar-refractivity contribution in [2.24, 2.45) is 0 Å². The van der Waals surface area contributed by atoms with Gasteiger partial charge in [0.25, 0.3) is 10.0 Å². The molecule has 2 N–H and O–H groups in total. The van der Waals surface area contributed by atoms with Crippen LogP contribution in [0.1, 0.15) is 21.5 Å². The third-order valence-electron chi connectivity index (χ3n) is 6.35. The number of aromatic nitrogens is 1. The Balaban J connectivity index is 0.00000178. The van der Waals surface area contributed by atoms with E-state index in [0.29, 0.717) is 29.8 Å². The van der Waals surface area contributed by atoms with Gasteiger partial charge in [-0.1, -0.05) is 18.2 Å². The first-order valence-corrected chi connectivity index (χ1v) is 13.9. The van der Waals surface area contributed by atoms with Crippen molar-refractivity contribution in [3.8, 4) is 0 Å². The lowest BCUT2D eigenvalue weighted by atomic mass is 10.1. The van der Waals surface area contributed by atoms with E-state index in [1.54, 1.807) is 29.6 Å². The lowest BCUT2D eigenvalue weighted by Crippen LogP contribution is -2.47. The molecule has 0 radical (unpaired) electrons. The molecule has 0 spiro atoms. The van der Waals surface area contributed by atoms with Crippen LogP contribution in [0.15, 0.2) is 64.2 Å². The Morgan fingerprint density at radius 2 is 1.64 bits per heavy atom. The zero-order valence-corrected chi connectivity index (χ0v) is 25.2. The summed E-state index contributed by atoms with van der Waals surface area (Å²) < 4.78 is 27.9. The van der Waals surface area contributed by atoms with Crippen molar-refractivity contribution >= 4 is 92.6 Å². The molecule has 1 aliphatic rings. The normalized spacial score (nSPS) is 13.2. The third-order valence-corrected chi connectivity index (χ3v) is 9.13. The van der Waals surface area contributed by atoms with Gasteiger partial charge < -0.3 is 14.9 Å². The van der Waals surface area contributed by atoms with Gasteiger partial charge in [0.2, 0.25) is 0 Å². The number of anilines is 3. The molecule has 1 aliphatic heterocycles. The molecular weight excluding hydrogens is 603 g/mol. The van der Waals surface area contributed by atoms with Gasteiger partial charge in [0, 0.05) is 42.9 Å². The SMILES string of the molecule is Cc1ccc(C)c(N2CCN(c3cc(C(=O)O)c4cc(NS(=O)(=O)c5cccs5)ccc4n3)CC2)c1.Cl.Cl.Cl. The van der Waals surface area contributed by atoms with E-state index in [-0.39, 0.29) is 52.7 Å². The lowest BCUT2D eigenvalue weighted by Gasteiger charge is -2.37. The van der Waals surface area contributed by atoms with Crippen molar-refractivity contribution in [2.45, 2.75) is 18.1 Å². The summed E-state index contributed by atoms with van der Waals surface area (Å²) in [5.41, 5.74) is 4.55. The molecule has 13 heteroatoms. The summed E-state index contributed by atoms with van der Waals surface area (Å²) in [4.78, 5) is 21.3. The number of hydrogen-bond acceptors (Lipinski definition) is 7. The van der Waals surface area contributed by atoms with E-state index in [1.807, 2.05) is 0 Å². The highest BCUT2D eigenvalue weighted by molar-refractivity contribution is 7.94. The van der Waals surface area contributed by atoms with Crippen LogP contribution in [0.5, 0.6) is 0 Å². The molecule has 2 aromatic carbocycles. The van der Waals surface area contributed by atoms with Gasteiger partial charge >= 0.3 is 5.97 Å². The summed E-state index contributed by atoms with van der Waals surface area (Å²) in [5, 5.41) is 12.0. The van der Waals surface area contributed by atoms with E-state index < -0.39 is 16.0 Å². The molecular formula is C26H29Cl3N4O4S2. The van der Waals surface area contributed by atoms with Crippen molar-refractivity contribution in [3.63, 3.8) is 0 Å². The number of carboxylic acid groups (broad SMARTS) is 1. The smallest absolute Gasteiger partial charge is 0.336 e. The van der Waals surface area contributed by atoms with Gasteiger partial charge in [-0.25, -0.2) is 18.2 Å². The highest BCUT2D eigenvalue weighted by Gasteiger charge is 2.23. The number of piperazine rings is 1. The molecule has 0 unspecified atom stereocenters. The lowest BCUT2D eigenvalue weighted by molar-refractivity contribution is 0.0699. The van der Waals surface area contributed by atoms with Crippen LogP contribution in [0.2, 0.25) is 0 Å². The first-order valence-electron chi connectivity index (χ1n) is 11.5. The number of pyridine rings is 1. The van der Waals surface area contributed by atoms with Gasteiger partial charge in [-0.05, 0) is 66.8 Å². The van der Waals surface area contributed by atoms with E-state index in [2.05, 4.69) is 46.6 Å². The van der Waals surface area contributed by atoms with Crippen LogP contribution in [-0.4, -0.2) is 50.7 Å². The number of halogens is 3. The molecule has 4 aromatic rings. The summed E-state index contributed by atoms with van der Waals surface area (Å²) in [7, 11) is -3.74. The summed E-state index contributed by atoms with van der Waals surface area (Å²) >= 11 is 1.11. The Bertz CT molecular complexity index is 1560. The van der Waals surface area contributed by atoms with Gasteiger partial charge in [0.1, 0.15) is 10.0 Å². The average Bonchev–Trinajstić information content (AvgIpc) is 3.41. The molecule has 0 bridgehead atoms. The van der Waals surface area contributed by atoms with Crippen LogP contribution < -0.4 is 14.5 Å². The Kier molecular flexibility index (Phi) is 10.9. The van der Waals surface area contributed by atoms with Gasteiger partial charge in [-0.2, -0.15) is 0 Å². The standard InChI is InChI=1S/C26H26N4O4S2.3ClH/c1-17-5-6-18(2)23(14-17)29-9-11-30(12-10-29)24-16-21(26(31)32)20-15-19(7-8-22(20)27-24)28-36(33,34)25-4-3-13-35-25;;;/h3-8,13-16,28H,9-12H2,1-2H3,(H,31,32);3*1H. The van der Waals surface area contributed by atoms with E-state index in [0.717, 1.165) is 24.4 Å². The molecule has 0 aliphatic carbocycles. The zero-order valence-electron chi connectivity index (χ0n) is 21.2. The van der Waals surface area contributed by atoms with Crippen molar-refractivity contribution in [1.82, 2.24) is 4.98 Å². The number of aryl methyl sites for hydroxylation is 2. The monoisotopic (exact) mass is 630 g/mol. The average molecular weight is 632 g/mol. The minimum absolute atomic E-state index is 0. The molecule has 5 rings (SSSR count). The molecule has 1 saturated heterocycles. The fourth-order valence-corrected chi connectivity index (χ4v) is 6.51. The maximum absolute atomic E-state index is 12.6. The van der Waals surface area contributed by atoms with Gasteiger partial charge in [0.15, 0.2) is 0 Å². The van der Waals surface area contributed by atoms with Crippen LogP contribution in [0.4, 0.5) is 17.2 Å². The van der Waals surface area contributed by atoms with Crippen LogP contribution >= 0.6 is 48.6 Å². The zero-order chi connectivity index (χ0) is 25.4. The molecule has 210 valence electrons. The number of hydrogen-bond donors (Lipinski definition) is 2. The topological polar surface area (TPSA) is 103 Å². The second kappa shape index (κ2) is 13.1. The summed E-state index contributed by atoms with van der Waals surface area (Å²) in [6, 6.07) is 16.0. The number of carboxylic acids is 1. The Hall–Kier alpha value is -2.76. The minimum Gasteiger partial charge on any atom is -0.478 e. The Labute approximate surface area is 250 Å². The van der Waals surface area contributed by atoms with Crippen LogP contribution in [0.25, 0.3) is 10.9 Å². The largest absolute Gasteiger partial charge is 0.478 e. The maximum atomic E-state index is 12.6. The molecule has 8 nitrogen and oxygen atoms in total. The van der Waals surface area contributed by atoms with Crippen LogP contribution in [0, 0.1) is 13.8 Å². The van der Waals surface area contributed by atoms with Crippen molar-refractivity contribution in [2.75, 3.05) is 40.7 Å². The molecule has 0 saturated carbocycles. The number of nitrogens with one attached hydrogen (secondary N) is 1. The maximum Gasteiger partial charge on any atom is 0.336 e. The highest BCUT2D eigenvalue weighted by Crippen LogP contribution is 2.29. The minimum atomic E-state index is -3.74. The van der Waals surface area contributed by atoms with Crippen LogP contribution in [0.3, 0.4) is 0 Å². The molecule has 0 amide bonds. The third kappa shape index (κ3) is 6.88. The highest BCUT2D eigenvalue weighted by atomic mass is 35.5. The number of benzene rings is 2. The molecule has 0 atom stereocenters. The first-order chi connectivity index (χ1) is 17.2. The van der Waals surface area contributed by atoms with Crippen molar-refractivity contribution < 1.29 is 18.3 Å². The Morgan fingerprint density at radius 1 is 0.949 bits per heavy atom. The summed E-state index contributed by atoms with van der Waals surface area (Å²) in [6.45, 7) is 7.23. The predicted molar refractivity (Wildman–Crippen MR) is 166 cm³/mol. The molecule has 3 heterocycles. The number of nitrogens with zero attached hydrogens (tertiary/aromatic N) is 3. The number of fused-ring (bicyclic) bond motifs is 1. The van der Waals surface area contributed by atoms with E-state index in [4.69, 9.17) is 4.98 Å².